The number of para-hydroxylation sites is 1. The Morgan fingerprint density at radius 1 is 1.14 bits per heavy atom. The van der Waals surface area contributed by atoms with Gasteiger partial charge in [-0.25, -0.2) is 0 Å². The third-order valence-corrected chi connectivity index (χ3v) is 5.45. The summed E-state index contributed by atoms with van der Waals surface area (Å²) in [6, 6.07) is 6.80. The minimum atomic E-state index is 0.142. The van der Waals surface area contributed by atoms with E-state index < -0.39 is 0 Å². The molecule has 3 rings (SSSR count). The second-order valence-electron chi connectivity index (χ2n) is 7.04. The van der Waals surface area contributed by atoms with Crippen molar-refractivity contribution < 1.29 is 4.79 Å². The van der Waals surface area contributed by atoms with Crippen LogP contribution in [0.2, 0.25) is 0 Å². The number of fused-ring (bicyclic) bond motifs is 1. The summed E-state index contributed by atoms with van der Waals surface area (Å²) in [6.07, 6.45) is 7.96. The van der Waals surface area contributed by atoms with Crippen molar-refractivity contribution in [1.82, 2.24) is 4.90 Å². The standard InChI is InChI=1S/C19H28N2O/c1-14-7-5-8-15(2)19(14)20-18(22)13-21-12-6-10-16-9-3-4-11-17(16)21/h5,7-8,16-17H,3-4,6,9-13H2,1-2H3,(H,20,22)/t16-,17+/m1/s1. The Labute approximate surface area is 134 Å². The molecule has 0 bridgehead atoms. The maximum Gasteiger partial charge on any atom is 0.238 e. The summed E-state index contributed by atoms with van der Waals surface area (Å²) in [5, 5.41) is 3.14. The molecule has 120 valence electrons. The molecule has 1 amide bonds. The SMILES string of the molecule is Cc1cccc(C)c1NC(=O)CN1CCC[C@H]2CCCC[C@@H]21. The Bertz CT molecular complexity index is 518. The highest BCUT2D eigenvalue weighted by molar-refractivity contribution is 5.93. The van der Waals surface area contributed by atoms with Gasteiger partial charge in [-0.3, -0.25) is 9.69 Å². The Kier molecular flexibility index (Phi) is 4.82. The largest absolute Gasteiger partial charge is 0.324 e. The van der Waals surface area contributed by atoms with Gasteiger partial charge in [-0.05, 0) is 63.1 Å². The van der Waals surface area contributed by atoms with Crippen molar-refractivity contribution in [3.63, 3.8) is 0 Å². The van der Waals surface area contributed by atoms with Gasteiger partial charge in [0.1, 0.15) is 0 Å². The van der Waals surface area contributed by atoms with Crippen molar-refractivity contribution in [2.45, 2.75) is 58.4 Å². The van der Waals surface area contributed by atoms with E-state index in [9.17, 15) is 4.79 Å². The summed E-state index contributed by atoms with van der Waals surface area (Å²) in [6.45, 7) is 5.75. The Balaban J connectivity index is 1.63. The molecule has 1 aromatic carbocycles. The van der Waals surface area contributed by atoms with Crippen molar-refractivity contribution in [3.8, 4) is 0 Å². The first-order valence-corrected chi connectivity index (χ1v) is 8.75. The average Bonchev–Trinajstić information content (AvgIpc) is 2.51. The fraction of sp³-hybridized carbons (Fsp3) is 0.632. The van der Waals surface area contributed by atoms with Gasteiger partial charge >= 0.3 is 0 Å². The van der Waals surface area contributed by atoms with Crippen LogP contribution in [0.1, 0.15) is 49.7 Å². The number of aryl methyl sites for hydroxylation is 2. The van der Waals surface area contributed by atoms with Crippen molar-refractivity contribution in [3.05, 3.63) is 29.3 Å². The van der Waals surface area contributed by atoms with E-state index in [0.717, 1.165) is 29.3 Å². The lowest BCUT2D eigenvalue weighted by Gasteiger charge is -2.43. The number of likely N-dealkylation sites (tertiary alicyclic amines) is 1. The number of anilines is 1. The summed E-state index contributed by atoms with van der Waals surface area (Å²) in [5.74, 6) is 0.971. The van der Waals surface area contributed by atoms with Gasteiger partial charge in [0.2, 0.25) is 5.91 Å². The van der Waals surface area contributed by atoms with E-state index >= 15 is 0 Å². The van der Waals surface area contributed by atoms with Gasteiger partial charge < -0.3 is 5.32 Å². The fourth-order valence-electron chi connectivity index (χ4n) is 4.30. The molecular formula is C19H28N2O. The third-order valence-electron chi connectivity index (χ3n) is 5.45. The molecule has 3 nitrogen and oxygen atoms in total. The normalized spacial score (nSPS) is 25.5. The maximum atomic E-state index is 12.5. The third kappa shape index (κ3) is 3.35. The molecule has 0 unspecified atom stereocenters. The number of rotatable bonds is 3. The van der Waals surface area contributed by atoms with Crippen LogP contribution in [0.3, 0.4) is 0 Å². The summed E-state index contributed by atoms with van der Waals surface area (Å²) in [7, 11) is 0. The zero-order valence-electron chi connectivity index (χ0n) is 13.9. The first-order valence-electron chi connectivity index (χ1n) is 8.75. The van der Waals surface area contributed by atoms with E-state index in [0.29, 0.717) is 12.6 Å². The molecule has 1 N–H and O–H groups in total. The van der Waals surface area contributed by atoms with Gasteiger partial charge in [0.15, 0.2) is 0 Å². The fourth-order valence-corrected chi connectivity index (χ4v) is 4.30. The molecule has 2 atom stereocenters. The molecule has 1 aliphatic carbocycles. The molecule has 22 heavy (non-hydrogen) atoms. The second kappa shape index (κ2) is 6.82. The van der Waals surface area contributed by atoms with Crippen LogP contribution >= 0.6 is 0 Å². The average molecular weight is 300 g/mol. The molecule has 1 aromatic rings. The van der Waals surface area contributed by atoms with E-state index in [2.05, 4.69) is 36.2 Å². The van der Waals surface area contributed by atoms with Gasteiger partial charge in [0.05, 0.1) is 6.54 Å². The molecule has 1 saturated carbocycles. The van der Waals surface area contributed by atoms with Gasteiger partial charge in [-0.2, -0.15) is 0 Å². The van der Waals surface area contributed by atoms with E-state index in [1.807, 2.05) is 6.07 Å². The number of amides is 1. The first kappa shape index (κ1) is 15.5. The van der Waals surface area contributed by atoms with Crippen LogP contribution in [0.5, 0.6) is 0 Å². The molecule has 2 aliphatic rings. The number of nitrogens with one attached hydrogen (secondary N) is 1. The minimum absolute atomic E-state index is 0.142. The minimum Gasteiger partial charge on any atom is -0.324 e. The maximum absolute atomic E-state index is 12.5. The van der Waals surface area contributed by atoms with Crippen LogP contribution in [0, 0.1) is 19.8 Å². The number of carbonyl (C=O) groups excluding carboxylic acids is 1. The highest BCUT2D eigenvalue weighted by Crippen LogP contribution is 2.35. The lowest BCUT2D eigenvalue weighted by Crippen LogP contribution is -2.49. The quantitative estimate of drug-likeness (QED) is 0.918. The smallest absolute Gasteiger partial charge is 0.238 e. The number of piperidine rings is 1. The first-order chi connectivity index (χ1) is 10.6. The molecule has 1 saturated heterocycles. The number of carbonyl (C=O) groups is 1. The number of nitrogens with zero attached hydrogens (tertiary/aromatic N) is 1. The van der Waals surface area contributed by atoms with Crippen LogP contribution in [-0.4, -0.2) is 29.9 Å². The number of benzene rings is 1. The predicted octanol–water partition coefficient (Wildman–Crippen LogP) is 3.90. The van der Waals surface area contributed by atoms with Crippen molar-refractivity contribution >= 4 is 11.6 Å². The van der Waals surface area contributed by atoms with E-state index in [1.165, 1.54) is 38.5 Å². The molecule has 0 spiro atoms. The molecule has 2 fully saturated rings. The highest BCUT2D eigenvalue weighted by Gasteiger charge is 2.33. The Morgan fingerprint density at radius 2 is 1.82 bits per heavy atom. The van der Waals surface area contributed by atoms with Gasteiger partial charge in [0.25, 0.3) is 0 Å². The van der Waals surface area contributed by atoms with E-state index in [4.69, 9.17) is 0 Å². The van der Waals surface area contributed by atoms with Gasteiger partial charge in [-0.1, -0.05) is 31.0 Å². The van der Waals surface area contributed by atoms with Gasteiger partial charge in [0, 0.05) is 11.7 Å². The van der Waals surface area contributed by atoms with Crippen molar-refractivity contribution in [1.29, 1.82) is 0 Å². The summed E-state index contributed by atoms with van der Waals surface area (Å²) < 4.78 is 0. The van der Waals surface area contributed by atoms with Gasteiger partial charge in [-0.15, -0.1) is 0 Å². The summed E-state index contributed by atoms with van der Waals surface area (Å²) >= 11 is 0. The van der Waals surface area contributed by atoms with Crippen LogP contribution in [0.25, 0.3) is 0 Å². The van der Waals surface area contributed by atoms with Crippen LogP contribution < -0.4 is 5.32 Å². The zero-order chi connectivity index (χ0) is 15.5. The summed E-state index contributed by atoms with van der Waals surface area (Å²) in [4.78, 5) is 14.9. The lowest BCUT2D eigenvalue weighted by molar-refractivity contribution is -0.118. The Morgan fingerprint density at radius 3 is 2.59 bits per heavy atom. The number of hydrogen-bond acceptors (Lipinski definition) is 2. The van der Waals surface area contributed by atoms with Crippen molar-refractivity contribution in [2.24, 2.45) is 5.92 Å². The summed E-state index contributed by atoms with van der Waals surface area (Å²) in [5.41, 5.74) is 3.27. The zero-order valence-corrected chi connectivity index (χ0v) is 13.9. The second-order valence-corrected chi connectivity index (χ2v) is 7.04. The molecule has 0 aromatic heterocycles. The van der Waals surface area contributed by atoms with Crippen LogP contribution in [0.15, 0.2) is 18.2 Å². The van der Waals surface area contributed by atoms with Crippen LogP contribution in [0.4, 0.5) is 5.69 Å². The number of hydrogen-bond donors (Lipinski definition) is 1. The topological polar surface area (TPSA) is 32.3 Å². The van der Waals surface area contributed by atoms with E-state index in [-0.39, 0.29) is 5.91 Å². The molecule has 1 heterocycles. The molecule has 0 radical (unpaired) electrons. The molecule has 1 aliphatic heterocycles. The Hall–Kier alpha value is -1.35. The monoisotopic (exact) mass is 300 g/mol. The highest BCUT2D eigenvalue weighted by atomic mass is 16.2. The van der Waals surface area contributed by atoms with Crippen LogP contribution in [-0.2, 0) is 4.79 Å². The molecular weight excluding hydrogens is 272 g/mol. The van der Waals surface area contributed by atoms with Crippen molar-refractivity contribution in [2.75, 3.05) is 18.4 Å². The van der Waals surface area contributed by atoms with E-state index in [1.54, 1.807) is 0 Å². The lowest BCUT2D eigenvalue weighted by atomic mass is 9.78. The predicted molar refractivity (Wildman–Crippen MR) is 91.1 cm³/mol. The molecule has 3 heteroatoms.